The minimum absolute atomic E-state index is 0.226. The first-order chi connectivity index (χ1) is 11.3. The summed E-state index contributed by atoms with van der Waals surface area (Å²) in [4.78, 5) is 0. The number of nitrogens with one attached hydrogen (secondary N) is 1. The Labute approximate surface area is 135 Å². The zero-order valence-electron chi connectivity index (χ0n) is 13.2. The first-order valence-corrected chi connectivity index (χ1v) is 7.87. The first-order valence-electron chi connectivity index (χ1n) is 7.87. The molecule has 0 radical (unpaired) electrons. The molecular formula is C20H20FNO. The fraction of sp³-hybridized carbons (Fsp3) is 0.200. The van der Waals surface area contributed by atoms with Crippen molar-refractivity contribution in [2.45, 2.75) is 20.1 Å². The molecule has 0 saturated heterocycles. The van der Waals surface area contributed by atoms with Crippen LogP contribution in [0.1, 0.15) is 18.1 Å². The van der Waals surface area contributed by atoms with Crippen LogP contribution in [0.5, 0.6) is 5.75 Å². The topological polar surface area (TPSA) is 21.3 Å². The summed E-state index contributed by atoms with van der Waals surface area (Å²) in [7, 11) is 0. The van der Waals surface area contributed by atoms with E-state index in [9.17, 15) is 4.39 Å². The third kappa shape index (κ3) is 3.51. The molecule has 0 amide bonds. The summed E-state index contributed by atoms with van der Waals surface area (Å²) in [5.74, 6) is 0.564. The number of rotatable bonds is 6. The Morgan fingerprint density at radius 1 is 0.957 bits per heavy atom. The van der Waals surface area contributed by atoms with Crippen LogP contribution in [0.3, 0.4) is 0 Å². The largest absolute Gasteiger partial charge is 0.488 e. The second kappa shape index (κ2) is 7.25. The van der Waals surface area contributed by atoms with Crippen LogP contribution in [0.4, 0.5) is 4.39 Å². The average Bonchev–Trinajstić information content (AvgIpc) is 2.59. The van der Waals surface area contributed by atoms with Crippen molar-refractivity contribution in [3.63, 3.8) is 0 Å². The zero-order chi connectivity index (χ0) is 16.1. The fourth-order valence-electron chi connectivity index (χ4n) is 2.65. The maximum atomic E-state index is 13.8. The lowest BCUT2D eigenvalue weighted by Crippen LogP contribution is -2.13. The molecule has 0 saturated carbocycles. The van der Waals surface area contributed by atoms with Gasteiger partial charge in [0.2, 0.25) is 0 Å². The van der Waals surface area contributed by atoms with E-state index in [1.54, 1.807) is 12.1 Å². The molecule has 0 aromatic heterocycles. The summed E-state index contributed by atoms with van der Waals surface area (Å²) in [5.41, 5.74) is 1.68. The third-order valence-electron chi connectivity index (χ3n) is 3.89. The molecule has 0 bridgehead atoms. The molecule has 23 heavy (non-hydrogen) atoms. The van der Waals surface area contributed by atoms with Crippen molar-refractivity contribution in [1.82, 2.24) is 5.32 Å². The van der Waals surface area contributed by atoms with Gasteiger partial charge in [0.05, 0.1) is 0 Å². The predicted octanol–water partition coefficient (Wildman–Crippen LogP) is 4.67. The molecule has 3 aromatic rings. The first kappa shape index (κ1) is 15.5. The van der Waals surface area contributed by atoms with E-state index in [-0.39, 0.29) is 12.4 Å². The smallest absolute Gasteiger partial charge is 0.129 e. The molecule has 3 aromatic carbocycles. The predicted molar refractivity (Wildman–Crippen MR) is 92.1 cm³/mol. The van der Waals surface area contributed by atoms with Crippen LogP contribution in [-0.4, -0.2) is 6.54 Å². The number of benzene rings is 3. The lowest BCUT2D eigenvalue weighted by atomic mass is 10.0. The standard InChI is InChI=1S/C20H20FNO/c1-2-22-13-18-17-9-5-3-7-15(17)11-12-20(18)23-14-16-8-4-6-10-19(16)21/h3-12,22H,2,13-14H2,1H3. The molecule has 0 atom stereocenters. The number of hydrogen-bond donors (Lipinski definition) is 1. The van der Waals surface area contributed by atoms with Gasteiger partial charge >= 0.3 is 0 Å². The highest BCUT2D eigenvalue weighted by atomic mass is 19.1. The molecule has 0 heterocycles. The van der Waals surface area contributed by atoms with E-state index >= 15 is 0 Å². The Bertz CT molecular complexity index is 801. The second-order valence-corrected chi connectivity index (χ2v) is 5.42. The van der Waals surface area contributed by atoms with Gasteiger partial charge in [0.15, 0.2) is 0 Å². The van der Waals surface area contributed by atoms with Crippen molar-refractivity contribution >= 4 is 10.8 Å². The van der Waals surface area contributed by atoms with E-state index < -0.39 is 0 Å². The lowest BCUT2D eigenvalue weighted by molar-refractivity contribution is 0.296. The van der Waals surface area contributed by atoms with Gasteiger partial charge in [-0.15, -0.1) is 0 Å². The van der Waals surface area contributed by atoms with E-state index in [2.05, 4.69) is 24.4 Å². The van der Waals surface area contributed by atoms with E-state index in [1.165, 1.54) is 16.8 Å². The highest BCUT2D eigenvalue weighted by molar-refractivity contribution is 5.87. The van der Waals surface area contributed by atoms with Crippen molar-refractivity contribution in [3.8, 4) is 5.75 Å². The van der Waals surface area contributed by atoms with E-state index in [4.69, 9.17) is 4.74 Å². The summed E-state index contributed by atoms with van der Waals surface area (Å²) >= 11 is 0. The molecule has 0 aliphatic rings. The Hall–Kier alpha value is -2.39. The quantitative estimate of drug-likeness (QED) is 0.714. The Morgan fingerprint density at radius 3 is 2.57 bits per heavy atom. The molecular weight excluding hydrogens is 289 g/mol. The highest BCUT2D eigenvalue weighted by Gasteiger charge is 2.10. The van der Waals surface area contributed by atoms with Crippen LogP contribution in [0, 0.1) is 5.82 Å². The van der Waals surface area contributed by atoms with Gasteiger partial charge in [0, 0.05) is 17.7 Å². The monoisotopic (exact) mass is 309 g/mol. The summed E-state index contributed by atoms with van der Waals surface area (Å²) < 4.78 is 19.7. The van der Waals surface area contributed by atoms with Gasteiger partial charge in [-0.1, -0.05) is 55.5 Å². The number of ether oxygens (including phenoxy) is 1. The van der Waals surface area contributed by atoms with Crippen molar-refractivity contribution in [1.29, 1.82) is 0 Å². The number of hydrogen-bond acceptors (Lipinski definition) is 2. The van der Waals surface area contributed by atoms with Crippen molar-refractivity contribution in [2.75, 3.05) is 6.54 Å². The molecule has 0 spiro atoms. The molecule has 3 heteroatoms. The molecule has 3 rings (SSSR count). The van der Waals surface area contributed by atoms with Crippen molar-refractivity contribution in [3.05, 3.63) is 77.6 Å². The molecule has 1 N–H and O–H groups in total. The number of halogens is 1. The average molecular weight is 309 g/mol. The van der Waals surface area contributed by atoms with Gasteiger partial charge in [0.25, 0.3) is 0 Å². The van der Waals surface area contributed by atoms with Gasteiger partial charge in [-0.25, -0.2) is 4.39 Å². The van der Waals surface area contributed by atoms with Gasteiger partial charge in [-0.05, 0) is 29.4 Å². The van der Waals surface area contributed by atoms with Crippen molar-refractivity contribution in [2.24, 2.45) is 0 Å². The molecule has 118 valence electrons. The highest BCUT2D eigenvalue weighted by Crippen LogP contribution is 2.29. The van der Waals surface area contributed by atoms with Crippen LogP contribution in [0.2, 0.25) is 0 Å². The molecule has 0 fully saturated rings. The second-order valence-electron chi connectivity index (χ2n) is 5.42. The van der Waals surface area contributed by atoms with Crippen LogP contribution < -0.4 is 10.1 Å². The van der Waals surface area contributed by atoms with Gasteiger partial charge in [-0.3, -0.25) is 0 Å². The maximum Gasteiger partial charge on any atom is 0.129 e. The Balaban J connectivity index is 1.91. The maximum absolute atomic E-state index is 13.8. The normalized spacial score (nSPS) is 10.9. The molecule has 2 nitrogen and oxygen atoms in total. The SMILES string of the molecule is CCNCc1c(OCc2ccccc2F)ccc2ccccc12. The van der Waals surface area contributed by atoms with Crippen molar-refractivity contribution < 1.29 is 9.13 Å². The van der Waals surface area contributed by atoms with Crippen LogP contribution in [0.25, 0.3) is 10.8 Å². The van der Waals surface area contributed by atoms with Gasteiger partial charge in [-0.2, -0.15) is 0 Å². The lowest BCUT2D eigenvalue weighted by Gasteiger charge is -2.15. The summed E-state index contributed by atoms with van der Waals surface area (Å²) in [6, 6.07) is 19.0. The van der Waals surface area contributed by atoms with E-state index in [0.29, 0.717) is 5.56 Å². The van der Waals surface area contributed by atoms with Crippen LogP contribution in [0.15, 0.2) is 60.7 Å². The summed E-state index contributed by atoms with van der Waals surface area (Å²) in [6.45, 7) is 3.91. The van der Waals surface area contributed by atoms with E-state index in [0.717, 1.165) is 24.4 Å². The number of fused-ring (bicyclic) bond motifs is 1. The fourth-order valence-corrected chi connectivity index (χ4v) is 2.65. The van der Waals surface area contributed by atoms with E-state index in [1.807, 2.05) is 30.3 Å². The van der Waals surface area contributed by atoms with Gasteiger partial charge < -0.3 is 10.1 Å². The van der Waals surface area contributed by atoms with Gasteiger partial charge in [0.1, 0.15) is 18.2 Å². The summed E-state index contributed by atoms with van der Waals surface area (Å²) in [5, 5.41) is 5.70. The Morgan fingerprint density at radius 2 is 1.74 bits per heavy atom. The minimum atomic E-state index is -0.235. The zero-order valence-corrected chi connectivity index (χ0v) is 13.2. The molecule has 0 unspecified atom stereocenters. The van der Waals surface area contributed by atoms with Crippen LogP contribution in [-0.2, 0) is 13.2 Å². The molecule has 0 aliphatic heterocycles. The molecule has 0 aliphatic carbocycles. The minimum Gasteiger partial charge on any atom is -0.488 e. The third-order valence-corrected chi connectivity index (χ3v) is 3.89. The Kier molecular flexibility index (Phi) is 4.89. The summed E-state index contributed by atoms with van der Waals surface area (Å²) in [6.07, 6.45) is 0. The van der Waals surface area contributed by atoms with Crippen LogP contribution >= 0.6 is 0 Å².